The minimum Gasteiger partial charge on any atom is -0.169 e. The van der Waals surface area contributed by atoms with E-state index < -0.39 is 0 Å². The highest BCUT2D eigenvalue weighted by molar-refractivity contribution is 7.66. The fourth-order valence-corrected chi connectivity index (χ4v) is 2.01. The Hall–Kier alpha value is 0.495. The maximum atomic E-state index is 5.53. The minimum atomic E-state index is 0.707. The molecule has 1 atom stereocenters. The summed E-state index contributed by atoms with van der Waals surface area (Å²) in [5, 5.41) is 0. The third-order valence-corrected chi connectivity index (χ3v) is 2.89. The first-order chi connectivity index (χ1) is 3.93. The SMILES string of the molecule is [B]PC1CCCCC1. The lowest BCUT2D eigenvalue weighted by atomic mass is 10.0. The number of rotatable bonds is 1. The molecule has 0 aliphatic heterocycles. The van der Waals surface area contributed by atoms with E-state index in [4.69, 9.17) is 7.57 Å². The van der Waals surface area contributed by atoms with Crippen molar-refractivity contribution >= 4 is 16.0 Å². The highest BCUT2D eigenvalue weighted by Gasteiger charge is 2.09. The zero-order valence-electron chi connectivity index (χ0n) is 5.19. The van der Waals surface area contributed by atoms with Crippen molar-refractivity contribution in [2.24, 2.45) is 0 Å². The average molecular weight is 126 g/mol. The Bertz CT molecular complexity index is 59.5. The van der Waals surface area contributed by atoms with Crippen LogP contribution >= 0.6 is 8.46 Å². The second-order valence-corrected chi connectivity index (χ2v) is 3.65. The van der Waals surface area contributed by atoms with Gasteiger partial charge in [-0.05, 0) is 18.5 Å². The molecule has 1 rings (SSSR count). The normalized spacial score (nSPS) is 25.0. The first kappa shape index (κ1) is 6.61. The highest BCUT2D eigenvalue weighted by atomic mass is 31.1. The van der Waals surface area contributed by atoms with Gasteiger partial charge in [-0.1, -0.05) is 19.3 Å². The zero-order valence-corrected chi connectivity index (χ0v) is 6.19. The van der Waals surface area contributed by atoms with E-state index >= 15 is 0 Å². The monoisotopic (exact) mass is 126 g/mol. The van der Waals surface area contributed by atoms with Gasteiger partial charge in [0.1, 0.15) is 7.57 Å². The van der Waals surface area contributed by atoms with Crippen molar-refractivity contribution in [3.8, 4) is 0 Å². The Morgan fingerprint density at radius 1 is 1.12 bits per heavy atom. The third kappa shape index (κ3) is 1.78. The first-order valence-corrected chi connectivity index (χ1v) is 4.55. The van der Waals surface area contributed by atoms with Crippen LogP contribution in [0.25, 0.3) is 0 Å². The van der Waals surface area contributed by atoms with Crippen molar-refractivity contribution in [3.63, 3.8) is 0 Å². The van der Waals surface area contributed by atoms with Gasteiger partial charge in [0.15, 0.2) is 0 Å². The molecule has 1 saturated carbocycles. The van der Waals surface area contributed by atoms with E-state index in [0.29, 0.717) is 8.46 Å². The van der Waals surface area contributed by atoms with Crippen LogP contribution < -0.4 is 0 Å². The fraction of sp³-hybridized carbons (Fsp3) is 1.00. The van der Waals surface area contributed by atoms with Crippen molar-refractivity contribution in [3.05, 3.63) is 0 Å². The van der Waals surface area contributed by atoms with Gasteiger partial charge in [0.25, 0.3) is 0 Å². The van der Waals surface area contributed by atoms with Crippen LogP contribution in [0.2, 0.25) is 0 Å². The molecule has 0 bridgehead atoms. The molecular weight excluding hydrogens is 114 g/mol. The summed E-state index contributed by atoms with van der Waals surface area (Å²) >= 11 is 0. The van der Waals surface area contributed by atoms with E-state index in [9.17, 15) is 0 Å². The van der Waals surface area contributed by atoms with E-state index in [1.165, 1.54) is 32.1 Å². The van der Waals surface area contributed by atoms with E-state index in [-0.39, 0.29) is 0 Å². The van der Waals surface area contributed by atoms with Gasteiger partial charge in [0.05, 0.1) is 0 Å². The molecule has 0 amide bonds. The van der Waals surface area contributed by atoms with Crippen molar-refractivity contribution in [1.82, 2.24) is 0 Å². The molecule has 0 spiro atoms. The Labute approximate surface area is 54.6 Å². The van der Waals surface area contributed by atoms with Crippen molar-refractivity contribution in [2.75, 3.05) is 0 Å². The second-order valence-electron chi connectivity index (χ2n) is 2.50. The molecule has 0 aromatic heterocycles. The molecule has 0 saturated heterocycles. The first-order valence-electron chi connectivity index (χ1n) is 3.39. The lowest BCUT2D eigenvalue weighted by molar-refractivity contribution is 0.515. The Morgan fingerprint density at radius 3 is 2.12 bits per heavy atom. The summed E-state index contributed by atoms with van der Waals surface area (Å²) in [4.78, 5) is 0. The van der Waals surface area contributed by atoms with Crippen molar-refractivity contribution in [1.29, 1.82) is 0 Å². The van der Waals surface area contributed by atoms with Gasteiger partial charge in [-0.15, -0.1) is 0 Å². The van der Waals surface area contributed by atoms with E-state index in [0.717, 1.165) is 5.66 Å². The minimum absolute atomic E-state index is 0.707. The molecule has 1 aliphatic carbocycles. The Kier molecular flexibility index (Phi) is 2.90. The number of hydrogen-bond acceptors (Lipinski definition) is 0. The summed E-state index contributed by atoms with van der Waals surface area (Å²) in [6.07, 6.45) is 7.09. The Balaban J connectivity index is 2.13. The van der Waals surface area contributed by atoms with Gasteiger partial charge < -0.3 is 0 Å². The van der Waals surface area contributed by atoms with Gasteiger partial charge in [-0.2, -0.15) is 8.46 Å². The van der Waals surface area contributed by atoms with Crippen LogP contribution in [-0.4, -0.2) is 13.2 Å². The van der Waals surface area contributed by atoms with E-state index in [1.807, 2.05) is 0 Å². The topological polar surface area (TPSA) is 0 Å². The van der Waals surface area contributed by atoms with Crippen LogP contribution in [0, 0.1) is 0 Å². The van der Waals surface area contributed by atoms with Crippen LogP contribution in [0.15, 0.2) is 0 Å². The molecule has 0 aromatic rings. The summed E-state index contributed by atoms with van der Waals surface area (Å²) in [5.41, 5.74) is 0.892. The summed E-state index contributed by atoms with van der Waals surface area (Å²) in [6, 6.07) is 0. The van der Waals surface area contributed by atoms with Crippen LogP contribution in [0.4, 0.5) is 0 Å². The van der Waals surface area contributed by atoms with E-state index in [1.54, 1.807) is 0 Å². The van der Waals surface area contributed by atoms with Crippen LogP contribution in [0.5, 0.6) is 0 Å². The Morgan fingerprint density at radius 2 is 1.75 bits per heavy atom. The van der Waals surface area contributed by atoms with Crippen LogP contribution in [-0.2, 0) is 0 Å². The zero-order chi connectivity index (χ0) is 5.82. The fourth-order valence-electron chi connectivity index (χ4n) is 1.27. The lowest BCUT2D eigenvalue weighted by Gasteiger charge is -2.19. The van der Waals surface area contributed by atoms with Crippen LogP contribution in [0.1, 0.15) is 32.1 Å². The molecule has 2 heteroatoms. The number of hydrogen-bond donors (Lipinski definition) is 0. The highest BCUT2D eigenvalue weighted by Crippen LogP contribution is 2.29. The van der Waals surface area contributed by atoms with Gasteiger partial charge >= 0.3 is 0 Å². The molecular formula is C6H12BP. The molecule has 1 fully saturated rings. The molecule has 0 N–H and O–H groups in total. The molecule has 0 heterocycles. The van der Waals surface area contributed by atoms with Gasteiger partial charge in [-0.25, -0.2) is 0 Å². The largest absolute Gasteiger partial charge is 0.169 e. The van der Waals surface area contributed by atoms with Gasteiger partial charge in [0, 0.05) is 0 Å². The molecule has 0 aromatic carbocycles. The van der Waals surface area contributed by atoms with E-state index in [2.05, 4.69) is 0 Å². The predicted octanol–water partition coefficient (Wildman–Crippen LogP) is 2.08. The summed E-state index contributed by atoms with van der Waals surface area (Å²) in [5.74, 6) is 0. The molecule has 0 nitrogen and oxygen atoms in total. The molecule has 1 aliphatic rings. The smallest absolute Gasteiger partial charge is 0.104 e. The molecule has 8 heavy (non-hydrogen) atoms. The molecule has 2 radical (unpaired) electrons. The summed E-state index contributed by atoms with van der Waals surface area (Å²) in [7, 11) is 6.24. The maximum absolute atomic E-state index is 5.53. The maximum Gasteiger partial charge on any atom is 0.104 e. The van der Waals surface area contributed by atoms with Gasteiger partial charge in [0.2, 0.25) is 0 Å². The standard InChI is InChI=1S/C6H12BP/c7-8-6-4-2-1-3-5-6/h6,8H,1-5H2. The van der Waals surface area contributed by atoms with Crippen LogP contribution in [0.3, 0.4) is 0 Å². The average Bonchev–Trinajstić information content (AvgIpc) is 1.90. The quantitative estimate of drug-likeness (QED) is 0.372. The molecule has 1 unspecified atom stereocenters. The lowest BCUT2D eigenvalue weighted by Crippen LogP contribution is -2.05. The third-order valence-electron chi connectivity index (χ3n) is 1.84. The molecule has 44 valence electrons. The van der Waals surface area contributed by atoms with Crippen molar-refractivity contribution < 1.29 is 0 Å². The summed E-state index contributed by atoms with van der Waals surface area (Å²) in [6.45, 7) is 0. The second kappa shape index (κ2) is 3.51. The van der Waals surface area contributed by atoms with Gasteiger partial charge in [-0.3, -0.25) is 0 Å². The predicted molar refractivity (Wildman–Crippen MR) is 40.9 cm³/mol. The van der Waals surface area contributed by atoms with Crippen molar-refractivity contribution in [2.45, 2.75) is 37.8 Å². The summed E-state index contributed by atoms with van der Waals surface area (Å²) < 4.78 is 0.